The average molecular weight is 405 g/mol. The van der Waals surface area contributed by atoms with E-state index in [2.05, 4.69) is 0 Å². The summed E-state index contributed by atoms with van der Waals surface area (Å²) in [4.78, 5) is 14.9. The number of amides is 1. The smallest absolute Gasteiger partial charge is 0.260 e. The van der Waals surface area contributed by atoms with Crippen LogP contribution in [-0.2, 0) is 16.4 Å². The Labute approximate surface area is 164 Å². The first kappa shape index (κ1) is 18.3. The van der Waals surface area contributed by atoms with E-state index in [-0.39, 0.29) is 22.7 Å². The summed E-state index contributed by atoms with van der Waals surface area (Å²) >= 11 is 6.42. The zero-order valence-corrected chi connectivity index (χ0v) is 16.6. The molecule has 0 bridgehead atoms. The molecule has 0 aromatic heterocycles. The number of halogens is 1. The van der Waals surface area contributed by atoms with Gasteiger partial charge in [0.15, 0.2) is 0 Å². The second kappa shape index (κ2) is 6.84. The number of fused-ring (bicyclic) bond motifs is 1. The Morgan fingerprint density at radius 3 is 2.67 bits per heavy atom. The molecular formula is C20H21ClN2O3S. The van der Waals surface area contributed by atoms with Crippen molar-refractivity contribution in [1.29, 1.82) is 0 Å². The van der Waals surface area contributed by atoms with E-state index in [9.17, 15) is 13.2 Å². The molecule has 1 amide bonds. The molecule has 1 atom stereocenters. The summed E-state index contributed by atoms with van der Waals surface area (Å²) < 4.78 is 26.0. The van der Waals surface area contributed by atoms with Gasteiger partial charge >= 0.3 is 0 Å². The highest BCUT2D eigenvalue weighted by molar-refractivity contribution is 7.92. The lowest BCUT2D eigenvalue weighted by Crippen LogP contribution is -2.38. The lowest BCUT2D eigenvalue weighted by atomic mass is 10.1. The third-order valence-electron chi connectivity index (χ3n) is 5.25. The van der Waals surface area contributed by atoms with Gasteiger partial charge in [-0.25, -0.2) is 8.42 Å². The van der Waals surface area contributed by atoms with Gasteiger partial charge in [-0.3, -0.25) is 9.10 Å². The molecule has 142 valence electrons. The number of carbonyl (C=O) groups excluding carboxylic acids is 1. The highest BCUT2D eigenvalue weighted by Crippen LogP contribution is 2.35. The van der Waals surface area contributed by atoms with Gasteiger partial charge in [0.1, 0.15) is 0 Å². The number of rotatable bonds is 2. The van der Waals surface area contributed by atoms with Gasteiger partial charge in [-0.1, -0.05) is 29.8 Å². The standard InChI is InChI=1S/C20H21ClN2O3S/c1-14-12-15-6-2-3-7-19(15)23(14)20(24)17-9-8-16(13-18(17)21)22-10-4-5-11-27(22,25)26/h2-3,6-9,13-14H,4-5,10-12H2,1H3/t14-/m1/s1. The summed E-state index contributed by atoms with van der Waals surface area (Å²) in [6, 6.07) is 12.8. The maximum Gasteiger partial charge on any atom is 0.260 e. The fourth-order valence-electron chi connectivity index (χ4n) is 3.92. The van der Waals surface area contributed by atoms with Crippen LogP contribution in [0.3, 0.4) is 0 Å². The van der Waals surface area contributed by atoms with Gasteiger partial charge in [0.2, 0.25) is 10.0 Å². The minimum Gasteiger partial charge on any atom is -0.305 e. The Kier molecular flexibility index (Phi) is 4.64. The number of anilines is 2. The van der Waals surface area contributed by atoms with Gasteiger partial charge in [0.25, 0.3) is 5.91 Å². The van der Waals surface area contributed by atoms with Crippen LogP contribution in [0.5, 0.6) is 0 Å². The largest absolute Gasteiger partial charge is 0.305 e. The summed E-state index contributed by atoms with van der Waals surface area (Å²) in [6.45, 7) is 2.46. The molecular weight excluding hydrogens is 384 g/mol. The zero-order chi connectivity index (χ0) is 19.2. The molecule has 1 fully saturated rings. The van der Waals surface area contributed by atoms with Crippen molar-refractivity contribution in [1.82, 2.24) is 0 Å². The molecule has 0 aliphatic carbocycles. The van der Waals surface area contributed by atoms with Gasteiger partial charge < -0.3 is 4.90 Å². The average Bonchev–Trinajstić information content (AvgIpc) is 2.96. The molecule has 27 heavy (non-hydrogen) atoms. The molecule has 2 aliphatic heterocycles. The first-order valence-electron chi connectivity index (χ1n) is 9.10. The number of carbonyl (C=O) groups is 1. The molecule has 1 saturated heterocycles. The van der Waals surface area contributed by atoms with Gasteiger partial charge in [-0.05, 0) is 56.0 Å². The monoisotopic (exact) mass is 404 g/mol. The van der Waals surface area contributed by atoms with E-state index in [1.54, 1.807) is 23.1 Å². The topological polar surface area (TPSA) is 57.7 Å². The van der Waals surface area contributed by atoms with Gasteiger partial charge in [0.05, 0.1) is 22.0 Å². The van der Waals surface area contributed by atoms with Crippen LogP contribution in [0.15, 0.2) is 42.5 Å². The van der Waals surface area contributed by atoms with Crippen LogP contribution < -0.4 is 9.21 Å². The minimum absolute atomic E-state index is 0.0492. The molecule has 0 radical (unpaired) electrons. The Morgan fingerprint density at radius 1 is 1.15 bits per heavy atom. The van der Waals surface area contributed by atoms with E-state index >= 15 is 0 Å². The van der Waals surface area contributed by atoms with Crippen LogP contribution in [0.1, 0.15) is 35.7 Å². The van der Waals surface area contributed by atoms with Crippen LogP contribution in [0.25, 0.3) is 0 Å². The summed E-state index contributed by atoms with van der Waals surface area (Å²) in [5, 5.41) is 0.273. The number of sulfonamides is 1. The Balaban J connectivity index is 1.66. The van der Waals surface area contributed by atoms with E-state index in [4.69, 9.17) is 11.6 Å². The first-order valence-corrected chi connectivity index (χ1v) is 11.1. The van der Waals surface area contributed by atoms with E-state index < -0.39 is 10.0 Å². The fraction of sp³-hybridized carbons (Fsp3) is 0.350. The van der Waals surface area contributed by atoms with Crippen molar-refractivity contribution in [2.45, 2.75) is 32.2 Å². The number of hydrogen-bond acceptors (Lipinski definition) is 3. The normalized spacial score (nSPS) is 21.2. The summed E-state index contributed by atoms with van der Waals surface area (Å²) in [6.07, 6.45) is 2.30. The lowest BCUT2D eigenvalue weighted by Gasteiger charge is -2.29. The predicted octanol–water partition coefficient (Wildman–Crippen LogP) is 3.86. The Morgan fingerprint density at radius 2 is 1.93 bits per heavy atom. The van der Waals surface area contributed by atoms with Crippen molar-refractivity contribution in [2.24, 2.45) is 0 Å². The number of hydrogen-bond donors (Lipinski definition) is 0. The molecule has 0 saturated carbocycles. The van der Waals surface area contributed by atoms with Crippen molar-refractivity contribution >= 4 is 38.9 Å². The number of benzene rings is 2. The van der Waals surface area contributed by atoms with Crippen LogP contribution in [0, 0.1) is 0 Å². The highest BCUT2D eigenvalue weighted by Gasteiger charge is 2.33. The Hall–Kier alpha value is -2.05. The SMILES string of the molecule is C[C@@H]1Cc2ccccc2N1C(=O)c1ccc(N2CCCCS2(=O)=O)cc1Cl. The molecule has 2 heterocycles. The predicted molar refractivity (Wildman–Crippen MR) is 108 cm³/mol. The maximum atomic E-state index is 13.2. The molecule has 7 heteroatoms. The lowest BCUT2D eigenvalue weighted by molar-refractivity contribution is 0.0981. The molecule has 4 rings (SSSR count). The van der Waals surface area contributed by atoms with Crippen molar-refractivity contribution in [3.63, 3.8) is 0 Å². The summed E-state index contributed by atoms with van der Waals surface area (Å²) in [5.41, 5.74) is 2.96. The minimum atomic E-state index is -3.31. The van der Waals surface area contributed by atoms with E-state index in [0.717, 1.165) is 24.1 Å². The van der Waals surface area contributed by atoms with E-state index in [0.29, 0.717) is 24.2 Å². The molecule has 5 nitrogen and oxygen atoms in total. The highest BCUT2D eigenvalue weighted by atomic mass is 35.5. The summed E-state index contributed by atoms with van der Waals surface area (Å²) in [7, 11) is -3.31. The van der Waals surface area contributed by atoms with Gasteiger partial charge in [-0.2, -0.15) is 0 Å². The van der Waals surface area contributed by atoms with Crippen LogP contribution in [0.4, 0.5) is 11.4 Å². The molecule has 2 aromatic rings. The molecule has 0 N–H and O–H groups in total. The van der Waals surface area contributed by atoms with Crippen molar-refractivity contribution < 1.29 is 13.2 Å². The second-order valence-corrected chi connectivity index (χ2v) is 9.54. The number of nitrogens with zero attached hydrogens (tertiary/aromatic N) is 2. The summed E-state index contributed by atoms with van der Waals surface area (Å²) in [5.74, 6) is -0.0154. The van der Waals surface area contributed by atoms with Crippen molar-refractivity contribution in [3.05, 3.63) is 58.6 Å². The van der Waals surface area contributed by atoms with Crippen molar-refractivity contribution in [3.8, 4) is 0 Å². The molecule has 2 aliphatic rings. The maximum absolute atomic E-state index is 13.2. The third kappa shape index (κ3) is 3.21. The Bertz CT molecular complexity index is 1010. The van der Waals surface area contributed by atoms with Crippen molar-refractivity contribution in [2.75, 3.05) is 21.5 Å². The fourth-order valence-corrected chi connectivity index (χ4v) is 5.80. The zero-order valence-electron chi connectivity index (χ0n) is 15.1. The molecule has 0 unspecified atom stereocenters. The van der Waals surface area contributed by atoms with Gasteiger partial charge in [0, 0.05) is 18.3 Å². The molecule has 0 spiro atoms. The third-order valence-corrected chi connectivity index (χ3v) is 7.43. The van der Waals surface area contributed by atoms with E-state index in [1.807, 2.05) is 31.2 Å². The molecule has 2 aromatic carbocycles. The van der Waals surface area contributed by atoms with E-state index in [1.165, 1.54) is 4.31 Å². The van der Waals surface area contributed by atoms with Crippen LogP contribution in [0.2, 0.25) is 5.02 Å². The number of para-hydroxylation sites is 1. The van der Waals surface area contributed by atoms with Crippen LogP contribution >= 0.6 is 11.6 Å². The van der Waals surface area contributed by atoms with Crippen LogP contribution in [-0.4, -0.2) is 32.7 Å². The quantitative estimate of drug-likeness (QED) is 0.763. The first-order chi connectivity index (χ1) is 12.9. The van der Waals surface area contributed by atoms with Gasteiger partial charge in [-0.15, -0.1) is 0 Å². The second-order valence-electron chi connectivity index (χ2n) is 7.12.